The molecule has 1 aromatic carbocycles. The Morgan fingerprint density at radius 1 is 1.28 bits per heavy atom. The molecule has 1 aromatic rings. The third kappa shape index (κ3) is 4.35. The number of esters is 1. The second-order valence-corrected chi connectivity index (χ2v) is 7.63. The van der Waals surface area contributed by atoms with Crippen molar-refractivity contribution < 1.29 is 28.5 Å². The van der Waals surface area contributed by atoms with Crippen LogP contribution in [0.1, 0.15) is 20.8 Å². The number of benzene rings is 1. The van der Waals surface area contributed by atoms with Crippen LogP contribution in [0.3, 0.4) is 0 Å². The number of thioether (sulfide) groups is 1. The highest BCUT2D eigenvalue weighted by molar-refractivity contribution is 7.99. The standard InChI is InChI=1S/C18H24O6S/c1-11(19)21-13(10-25-12-8-6-5-7-9-12)14-15(20-4)16-17(22-14)24-18(2,3)23-16/h5-9,13-17H,10H2,1-4H3/t13?,14-,15+,16-,17-/m1/s1. The first-order chi connectivity index (χ1) is 11.9. The molecule has 138 valence electrons. The highest BCUT2D eigenvalue weighted by Crippen LogP contribution is 2.40. The van der Waals surface area contributed by atoms with Crippen molar-refractivity contribution in [1.82, 2.24) is 0 Å². The predicted octanol–water partition coefficient (Wildman–Crippen LogP) is 2.60. The van der Waals surface area contributed by atoms with Crippen LogP contribution in [0.15, 0.2) is 35.2 Å². The van der Waals surface area contributed by atoms with E-state index in [1.165, 1.54) is 6.92 Å². The Bertz CT molecular complexity index is 592. The Morgan fingerprint density at radius 3 is 2.64 bits per heavy atom. The summed E-state index contributed by atoms with van der Waals surface area (Å²) in [4.78, 5) is 12.7. The molecule has 2 aliphatic heterocycles. The Balaban J connectivity index is 1.71. The Morgan fingerprint density at radius 2 is 2.00 bits per heavy atom. The predicted molar refractivity (Wildman–Crippen MR) is 92.2 cm³/mol. The van der Waals surface area contributed by atoms with Gasteiger partial charge in [-0.3, -0.25) is 4.79 Å². The van der Waals surface area contributed by atoms with Gasteiger partial charge in [0.2, 0.25) is 0 Å². The summed E-state index contributed by atoms with van der Waals surface area (Å²) in [7, 11) is 1.60. The third-order valence-corrected chi connectivity index (χ3v) is 5.24. The molecule has 25 heavy (non-hydrogen) atoms. The van der Waals surface area contributed by atoms with Gasteiger partial charge in [-0.25, -0.2) is 0 Å². The van der Waals surface area contributed by atoms with Crippen molar-refractivity contribution in [2.75, 3.05) is 12.9 Å². The van der Waals surface area contributed by atoms with Gasteiger partial charge in [0, 0.05) is 24.7 Å². The van der Waals surface area contributed by atoms with Crippen LogP contribution in [0.4, 0.5) is 0 Å². The van der Waals surface area contributed by atoms with Crippen molar-refractivity contribution in [2.45, 2.75) is 62.2 Å². The molecule has 0 saturated carbocycles. The fraction of sp³-hybridized carbons (Fsp3) is 0.611. The molecule has 2 saturated heterocycles. The van der Waals surface area contributed by atoms with Gasteiger partial charge < -0.3 is 23.7 Å². The van der Waals surface area contributed by atoms with Gasteiger partial charge in [0.05, 0.1) is 0 Å². The lowest BCUT2D eigenvalue weighted by Crippen LogP contribution is -2.44. The molecule has 3 rings (SSSR count). The van der Waals surface area contributed by atoms with Crippen LogP contribution in [0.2, 0.25) is 0 Å². The van der Waals surface area contributed by atoms with Crippen LogP contribution in [-0.4, -0.2) is 55.3 Å². The minimum absolute atomic E-state index is 0.343. The van der Waals surface area contributed by atoms with Gasteiger partial charge in [-0.1, -0.05) is 18.2 Å². The number of carbonyl (C=O) groups excluding carboxylic acids is 1. The van der Waals surface area contributed by atoms with Gasteiger partial charge in [0.1, 0.15) is 24.4 Å². The average molecular weight is 368 g/mol. The molecule has 0 radical (unpaired) electrons. The fourth-order valence-corrected chi connectivity index (χ4v) is 4.14. The quantitative estimate of drug-likeness (QED) is 0.565. The van der Waals surface area contributed by atoms with Crippen molar-refractivity contribution >= 4 is 17.7 Å². The summed E-state index contributed by atoms with van der Waals surface area (Å²) in [5.74, 6) is -0.514. The summed E-state index contributed by atoms with van der Waals surface area (Å²) < 4.78 is 28.8. The zero-order valence-corrected chi connectivity index (χ0v) is 15.7. The van der Waals surface area contributed by atoms with Gasteiger partial charge in [-0.2, -0.15) is 0 Å². The second-order valence-electron chi connectivity index (χ2n) is 6.54. The molecule has 0 aromatic heterocycles. The molecular formula is C18H24O6S. The van der Waals surface area contributed by atoms with Gasteiger partial charge >= 0.3 is 5.97 Å². The molecule has 0 amide bonds. The van der Waals surface area contributed by atoms with Crippen LogP contribution in [0.25, 0.3) is 0 Å². The maximum absolute atomic E-state index is 11.6. The normalized spacial score (nSPS) is 31.5. The minimum atomic E-state index is -0.715. The average Bonchev–Trinajstić information content (AvgIpc) is 3.03. The summed E-state index contributed by atoms with van der Waals surface area (Å²) in [6.07, 6.45) is -2.15. The number of carbonyl (C=O) groups is 1. The second kappa shape index (κ2) is 7.63. The van der Waals surface area contributed by atoms with Crippen LogP contribution >= 0.6 is 11.8 Å². The lowest BCUT2D eigenvalue weighted by atomic mass is 10.1. The van der Waals surface area contributed by atoms with E-state index in [1.807, 2.05) is 44.2 Å². The summed E-state index contributed by atoms with van der Waals surface area (Å²) in [6, 6.07) is 9.94. The summed E-state index contributed by atoms with van der Waals surface area (Å²) >= 11 is 1.60. The number of fused-ring (bicyclic) bond motifs is 1. The topological polar surface area (TPSA) is 63.2 Å². The monoisotopic (exact) mass is 368 g/mol. The first kappa shape index (κ1) is 18.7. The summed E-state index contributed by atoms with van der Waals surface area (Å²) in [5.41, 5.74) is 0. The molecule has 2 aliphatic rings. The molecule has 2 heterocycles. The molecule has 7 heteroatoms. The Kier molecular flexibility index (Phi) is 5.70. The van der Waals surface area contributed by atoms with Crippen molar-refractivity contribution in [3.63, 3.8) is 0 Å². The smallest absolute Gasteiger partial charge is 0.303 e. The molecule has 1 unspecified atom stereocenters. The molecule has 6 nitrogen and oxygen atoms in total. The van der Waals surface area contributed by atoms with Gasteiger partial charge in [0.15, 0.2) is 12.1 Å². The first-order valence-corrected chi connectivity index (χ1v) is 9.27. The Labute approximate surface area is 152 Å². The van der Waals surface area contributed by atoms with Gasteiger partial charge in [-0.15, -0.1) is 11.8 Å². The Hall–Kier alpha value is -1.12. The lowest BCUT2D eigenvalue weighted by molar-refractivity contribution is -0.228. The van der Waals surface area contributed by atoms with Crippen molar-refractivity contribution in [3.8, 4) is 0 Å². The lowest BCUT2D eigenvalue weighted by Gasteiger charge is -2.29. The molecular weight excluding hydrogens is 344 g/mol. The van der Waals surface area contributed by atoms with E-state index in [9.17, 15) is 4.79 Å². The number of ether oxygens (including phenoxy) is 5. The van der Waals surface area contributed by atoms with E-state index < -0.39 is 24.3 Å². The minimum Gasteiger partial charge on any atom is -0.459 e. The van der Waals surface area contributed by atoms with Crippen molar-refractivity contribution in [2.24, 2.45) is 0 Å². The summed E-state index contributed by atoms with van der Waals surface area (Å²) in [6.45, 7) is 5.07. The zero-order valence-electron chi connectivity index (χ0n) is 14.8. The van der Waals surface area contributed by atoms with Gasteiger partial charge in [0.25, 0.3) is 0 Å². The van der Waals surface area contributed by atoms with Gasteiger partial charge in [-0.05, 0) is 26.0 Å². The van der Waals surface area contributed by atoms with E-state index in [0.717, 1.165) is 4.90 Å². The molecule has 0 bridgehead atoms. The molecule has 5 atom stereocenters. The number of rotatable bonds is 6. The number of methoxy groups -OCH3 is 1. The van der Waals surface area contributed by atoms with E-state index in [0.29, 0.717) is 5.75 Å². The van der Waals surface area contributed by atoms with Crippen LogP contribution in [0.5, 0.6) is 0 Å². The molecule has 0 spiro atoms. The van der Waals surface area contributed by atoms with Crippen LogP contribution in [0, 0.1) is 0 Å². The number of hydrogen-bond donors (Lipinski definition) is 0. The van der Waals surface area contributed by atoms with E-state index in [1.54, 1.807) is 18.9 Å². The van der Waals surface area contributed by atoms with E-state index in [4.69, 9.17) is 23.7 Å². The van der Waals surface area contributed by atoms with Crippen molar-refractivity contribution in [1.29, 1.82) is 0 Å². The zero-order chi connectivity index (χ0) is 18.0. The van der Waals surface area contributed by atoms with Crippen molar-refractivity contribution in [3.05, 3.63) is 30.3 Å². The largest absolute Gasteiger partial charge is 0.459 e. The third-order valence-electron chi connectivity index (χ3n) is 4.14. The SMILES string of the molecule is CO[C@@H]1[C@H]2OC(C)(C)O[C@H]2O[C@@H]1C(CSc1ccccc1)OC(C)=O. The fourth-order valence-electron chi connectivity index (χ4n) is 3.18. The van der Waals surface area contributed by atoms with E-state index >= 15 is 0 Å². The van der Waals surface area contributed by atoms with Crippen LogP contribution < -0.4 is 0 Å². The maximum atomic E-state index is 11.6. The summed E-state index contributed by atoms with van der Waals surface area (Å²) in [5, 5.41) is 0. The first-order valence-electron chi connectivity index (χ1n) is 8.28. The van der Waals surface area contributed by atoms with Crippen LogP contribution in [-0.2, 0) is 28.5 Å². The van der Waals surface area contributed by atoms with E-state index in [2.05, 4.69) is 0 Å². The molecule has 0 aliphatic carbocycles. The molecule has 0 N–H and O–H groups in total. The van der Waals surface area contributed by atoms with E-state index in [-0.39, 0.29) is 18.2 Å². The maximum Gasteiger partial charge on any atom is 0.303 e. The molecule has 2 fully saturated rings. The number of hydrogen-bond acceptors (Lipinski definition) is 7. The highest BCUT2D eigenvalue weighted by Gasteiger charge is 2.57. The highest BCUT2D eigenvalue weighted by atomic mass is 32.2.